The molecule has 0 unspecified atom stereocenters. The summed E-state index contributed by atoms with van der Waals surface area (Å²) < 4.78 is 50.8. The zero-order chi connectivity index (χ0) is 27.4. The summed E-state index contributed by atoms with van der Waals surface area (Å²) in [5.41, 5.74) is -2.46. The number of anilines is 2. The maximum Gasteiger partial charge on any atom is 0.417 e. The van der Waals surface area contributed by atoms with Gasteiger partial charge >= 0.3 is 12.1 Å². The first-order valence-corrected chi connectivity index (χ1v) is 11.3. The monoisotopic (exact) mass is 533 g/mol. The van der Waals surface area contributed by atoms with E-state index in [-0.39, 0.29) is 10.8 Å². The lowest BCUT2D eigenvalue weighted by molar-refractivity contribution is -0.140. The van der Waals surface area contributed by atoms with E-state index >= 15 is 0 Å². The van der Waals surface area contributed by atoms with Crippen LogP contribution >= 0.6 is 12.2 Å². The van der Waals surface area contributed by atoms with Crippen molar-refractivity contribution < 1.29 is 37.3 Å². The van der Waals surface area contributed by atoms with E-state index in [1.54, 1.807) is 49.1 Å². The molecule has 1 N–H and O–H groups in total. The van der Waals surface area contributed by atoms with Gasteiger partial charge in [-0.1, -0.05) is 0 Å². The quantitative estimate of drug-likeness (QED) is 0.277. The number of alkyl halides is 3. The van der Waals surface area contributed by atoms with E-state index in [2.05, 4.69) is 0 Å². The van der Waals surface area contributed by atoms with Crippen molar-refractivity contribution in [2.45, 2.75) is 32.0 Å². The number of hydrogen-bond donors (Lipinski definition) is 1. The Morgan fingerprint density at radius 1 is 1.19 bits per heavy atom. The van der Waals surface area contributed by atoms with Crippen LogP contribution < -0.4 is 14.5 Å². The Balaban J connectivity index is 1.76. The lowest BCUT2D eigenvalue weighted by Gasteiger charge is -2.29. The first-order valence-electron chi connectivity index (χ1n) is 10.9. The molecular formula is C25H22F3N3O5S. The Morgan fingerprint density at radius 3 is 2.43 bits per heavy atom. The molecule has 1 aliphatic rings. The molecule has 0 atom stereocenters. The van der Waals surface area contributed by atoms with Gasteiger partial charge in [0.25, 0.3) is 5.91 Å². The van der Waals surface area contributed by atoms with Crippen molar-refractivity contribution in [3.8, 4) is 11.8 Å². The third-order valence-corrected chi connectivity index (χ3v) is 5.77. The number of hydrogen-bond acceptors (Lipinski definition) is 6. The highest BCUT2D eigenvalue weighted by Gasteiger charge is 2.50. The molecule has 0 aliphatic carbocycles. The number of aliphatic carboxylic acids is 1. The molecule has 1 heterocycles. The summed E-state index contributed by atoms with van der Waals surface area (Å²) in [5, 5.41) is 17.5. The largest absolute Gasteiger partial charge is 0.493 e. The van der Waals surface area contributed by atoms with Gasteiger partial charge in [0.1, 0.15) is 11.3 Å². The SMILES string of the molecule is CC1(C)C(=O)N(c2ccc(C#N)c(C(F)(F)F)c2)C(=S)N1c1ccc(OCCC=COCC(=O)O)cc1. The number of thiocarbonyl (C=S) groups is 1. The number of carbonyl (C=O) groups excluding carboxylic acids is 1. The van der Waals surface area contributed by atoms with Gasteiger partial charge in [0.2, 0.25) is 0 Å². The third-order valence-electron chi connectivity index (χ3n) is 5.40. The molecule has 3 rings (SSSR count). The molecule has 0 radical (unpaired) electrons. The van der Waals surface area contributed by atoms with E-state index in [0.29, 0.717) is 24.5 Å². The zero-order valence-corrected chi connectivity index (χ0v) is 20.6. The number of carboxylic acids is 1. The van der Waals surface area contributed by atoms with Gasteiger partial charge in [-0.15, -0.1) is 0 Å². The van der Waals surface area contributed by atoms with Crippen molar-refractivity contribution in [1.29, 1.82) is 5.26 Å². The maximum absolute atomic E-state index is 13.5. The van der Waals surface area contributed by atoms with E-state index in [0.717, 1.165) is 17.0 Å². The van der Waals surface area contributed by atoms with Gasteiger partial charge in [-0.25, -0.2) is 4.79 Å². The minimum absolute atomic E-state index is 0.00648. The van der Waals surface area contributed by atoms with Crippen LogP contribution in [-0.2, 0) is 20.5 Å². The summed E-state index contributed by atoms with van der Waals surface area (Å²) in [6, 6.07) is 11.2. The third kappa shape index (κ3) is 6.00. The van der Waals surface area contributed by atoms with Crippen LogP contribution in [0.25, 0.3) is 0 Å². The lowest BCUT2D eigenvalue weighted by atomic mass is 10.0. The van der Waals surface area contributed by atoms with Crippen LogP contribution in [0.1, 0.15) is 31.4 Å². The second kappa shape index (κ2) is 10.9. The number of rotatable bonds is 9. The lowest BCUT2D eigenvalue weighted by Crippen LogP contribution is -2.44. The van der Waals surface area contributed by atoms with E-state index in [4.69, 9.17) is 32.1 Å². The predicted octanol–water partition coefficient (Wildman–Crippen LogP) is 4.88. The van der Waals surface area contributed by atoms with Gasteiger partial charge < -0.3 is 19.5 Å². The fourth-order valence-electron chi connectivity index (χ4n) is 3.65. The van der Waals surface area contributed by atoms with Crippen LogP contribution in [0.3, 0.4) is 0 Å². The molecule has 0 saturated carbocycles. The molecule has 8 nitrogen and oxygen atoms in total. The average molecular weight is 534 g/mol. The van der Waals surface area contributed by atoms with Gasteiger partial charge in [0.15, 0.2) is 11.7 Å². The zero-order valence-electron chi connectivity index (χ0n) is 19.8. The van der Waals surface area contributed by atoms with Gasteiger partial charge in [-0.2, -0.15) is 18.4 Å². The van der Waals surface area contributed by atoms with Crippen molar-refractivity contribution in [2.24, 2.45) is 0 Å². The number of benzene rings is 2. The Hall–Kier alpha value is -4.11. The molecule has 37 heavy (non-hydrogen) atoms. The van der Waals surface area contributed by atoms with Crippen LogP contribution in [0.4, 0.5) is 24.5 Å². The molecule has 2 aromatic carbocycles. The van der Waals surface area contributed by atoms with Crippen molar-refractivity contribution in [1.82, 2.24) is 0 Å². The Bertz CT molecular complexity index is 1270. The molecule has 1 saturated heterocycles. The van der Waals surface area contributed by atoms with Crippen molar-refractivity contribution in [3.05, 3.63) is 65.9 Å². The average Bonchev–Trinajstić information content (AvgIpc) is 3.01. The van der Waals surface area contributed by atoms with Crippen LogP contribution in [0.15, 0.2) is 54.8 Å². The van der Waals surface area contributed by atoms with Gasteiger partial charge in [0, 0.05) is 12.1 Å². The number of nitrogens with zero attached hydrogens (tertiary/aromatic N) is 3. The number of carboxylic acid groups (broad SMARTS) is 1. The molecular weight excluding hydrogens is 511 g/mol. The van der Waals surface area contributed by atoms with E-state index in [9.17, 15) is 22.8 Å². The normalized spacial score (nSPS) is 15.2. The minimum atomic E-state index is -4.78. The van der Waals surface area contributed by atoms with Crippen molar-refractivity contribution in [2.75, 3.05) is 23.0 Å². The first-order chi connectivity index (χ1) is 17.4. The molecule has 194 valence electrons. The fraction of sp³-hybridized carbons (Fsp3) is 0.280. The van der Waals surface area contributed by atoms with E-state index in [1.165, 1.54) is 18.4 Å². The summed E-state index contributed by atoms with van der Waals surface area (Å²) in [4.78, 5) is 26.2. The first kappa shape index (κ1) is 27.5. The maximum atomic E-state index is 13.5. The van der Waals surface area contributed by atoms with Crippen LogP contribution in [0.2, 0.25) is 0 Å². The molecule has 2 aromatic rings. The molecule has 1 aliphatic heterocycles. The molecule has 0 bridgehead atoms. The number of carbonyl (C=O) groups is 2. The van der Waals surface area contributed by atoms with Crippen LogP contribution in [-0.4, -0.2) is 40.8 Å². The van der Waals surface area contributed by atoms with Gasteiger partial charge in [0.05, 0.1) is 35.8 Å². The Morgan fingerprint density at radius 2 is 1.84 bits per heavy atom. The molecule has 0 aromatic heterocycles. The smallest absolute Gasteiger partial charge is 0.417 e. The second-order valence-electron chi connectivity index (χ2n) is 8.36. The number of halogens is 3. The predicted molar refractivity (Wildman–Crippen MR) is 132 cm³/mol. The number of ether oxygens (including phenoxy) is 2. The highest BCUT2D eigenvalue weighted by molar-refractivity contribution is 7.81. The summed E-state index contributed by atoms with van der Waals surface area (Å²) in [5.74, 6) is -1.07. The number of nitriles is 1. The van der Waals surface area contributed by atoms with Crippen molar-refractivity contribution in [3.63, 3.8) is 0 Å². The number of amides is 1. The molecule has 1 amide bonds. The van der Waals surface area contributed by atoms with E-state index < -0.39 is 41.3 Å². The molecule has 12 heteroatoms. The minimum Gasteiger partial charge on any atom is -0.493 e. The summed E-state index contributed by atoms with van der Waals surface area (Å²) in [7, 11) is 0. The van der Waals surface area contributed by atoms with Gasteiger partial charge in [-0.3, -0.25) is 9.69 Å². The van der Waals surface area contributed by atoms with Crippen LogP contribution in [0, 0.1) is 11.3 Å². The summed E-state index contributed by atoms with van der Waals surface area (Å²) in [6.45, 7) is 3.09. The van der Waals surface area contributed by atoms with Crippen LogP contribution in [0.5, 0.6) is 5.75 Å². The summed E-state index contributed by atoms with van der Waals surface area (Å²) >= 11 is 5.52. The second-order valence-corrected chi connectivity index (χ2v) is 8.73. The van der Waals surface area contributed by atoms with Crippen molar-refractivity contribution >= 4 is 40.6 Å². The van der Waals surface area contributed by atoms with E-state index in [1.807, 2.05) is 0 Å². The Kier molecular flexibility index (Phi) is 8.08. The highest BCUT2D eigenvalue weighted by Crippen LogP contribution is 2.39. The topological polar surface area (TPSA) is 103 Å². The highest BCUT2D eigenvalue weighted by atomic mass is 32.1. The molecule has 0 spiro atoms. The standard InChI is InChI=1S/C25H22F3N3O5S/c1-24(2)22(34)30(18-6-5-16(14-29)20(13-18)25(26,27)28)23(37)31(24)17-7-9-19(10-8-17)36-12-4-3-11-35-15-21(32)33/h3,5-11,13H,4,12,15H2,1-2H3,(H,32,33). The summed E-state index contributed by atoms with van der Waals surface area (Å²) in [6.07, 6.45) is -1.41. The Labute approximate surface area is 216 Å². The molecule has 1 fully saturated rings. The fourth-order valence-corrected chi connectivity index (χ4v) is 4.17. The van der Waals surface area contributed by atoms with Gasteiger partial charge in [-0.05, 0) is 74.6 Å².